The first-order chi connectivity index (χ1) is 6.77. The van der Waals surface area contributed by atoms with E-state index in [0.29, 0.717) is 11.8 Å². The molecule has 0 aromatic rings. The SMILES string of the molecule is CC1CCC(C(=O)N2CCNCC2)C1. The van der Waals surface area contributed by atoms with Gasteiger partial charge in [-0.3, -0.25) is 4.79 Å². The van der Waals surface area contributed by atoms with Gasteiger partial charge in [-0.1, -0.05) is 6.92 Å². The predicted molar refractivity (Wildman–Crippen MR) is 56.0 cm³/mol. The van der Waals surface area contributed by atoms with Crippen molar-refractivity contribution in [2.45, 2.75) is 26.2 Å². The average Bonchev–Trinajstić information content (AvgIpc) is 2.65. The molecule has 1 heterocycles. The van der Waals surface area contributed by atoms with Gasteiger partial charge in [-0.2, -0.15) is 0 Å². The Morgan fingerprint density at radius 2 is 2.00 bits per heavy atom. The van der Waals surface area contributed by atoms with Crippen LogP contribution < -0.4 is 5.32 Å². The minimum Gasteiger partial charge on any atom is -0.340 e. The molecule has 2 unspecified atom stereocenters. The highest BCUT2D eigenvalue weighted by atomic mass is 16.2. The van der Waals surface area contributed by atoms with E-state index >= 15 is 0 Å². The van der Waals surface area contributed by atoms with Gasteiger partial charge in [0, 0.05) is 32.1 Å². The van der Waals surface area contributed by atoms with Gasteiger partial charge in [0.2, 0.25) is 5.91 Å². The summed E-state index contributed by atoms with van der Waals surface area (Å²) in [7, 11) is 0. The van der Waals surface area contributed by atoms with Gasteiger partial charge in [-0.25, -0.2) is 0 Å². The number of piperazine rings is 1. The molecule has 80 valence electrons. The molecule has 1 amide bonds. The number of carbonyl (C=O) groups excluding carboxylic acids is 1. The van der Waals surface area contributed by atoms with Crippen molar-refractivity contribution in [2.24, 2.45) is 11.8 Å². The van der Waals surface area contributed by atoms with Crippen LogP contribution in [0.1, 0.15) is 26.2 Å². The first-order valence-corrected chi connectivity index (χ1v) is 5.77. The monoisotopic (exact) mass is 196 g/mol. The molecule has 1 aliphatic heterocycles. The highest BCUT2D eigenvalue weighted by Gasteiger charge is 2.30. The zero-order chi connectivity index (χ0) is 9.97. The van der Waals surface area contributed by atoms with Crippen LogP contribution in [0.5, 0.6) is 0 Å². The maximum Gasteiger partial charge on any atom is 0.225 e. The summed E-state index contributed by atoms with van der Waals surface area (Å²) in [6.07, 6.45) is 3.47. The Hall–Kier alpha value is -0.570. The standard InChI is InChI=1S/C11H20N2O/c1-9-2-3-10(8-9)11(14)13-6-4-12-5-7-13/h9-10,12H,2-8H2,1H3. The number of nitrogens with zero attached hydrogens (tertiary/aromatic N) is 1. The van der Waals surface area contributed by atoms with Crippen LogP contribution in [-0.4, -0.2) is 37.0 Å². The van der Waals surface area contributed by atoms with E-state index in [1.165, 1.54) is 6.42 Å². The molecule has 3 nitrogen and oxygen atoms in total. The molecule has 2 rings (SSSR count). The third kappa shape index (κ3) is 2.08. The highest BCUT2D eigenvalue weighted by molar-refractivity contribution is 5.79. The molecule has 1 saturated carbocycles. The van der Waals surface area contributed by atoms with Crippen molar-refractivity contribution in [3.8, 4) is 0 Å². The van der Waals surface area contributed by atoms with E-state index in [-0.39, 0.29) is 0 Å². The summed E-state index contributed by atoms with van der Waals surface area (Å²) in [5, 5.41) is 3.28. The van der Waals surface area contributed by atoms with Crippen molar-refractivity contribution >= 4 is 5.91 Å². The van der Waals surface area contributed by atoms with E-state index in [4.69, 9.17) is 0 Å². The topological polar surface area (TPSA) is 32.3 Å². The van der Waals surface area contributed by atoms with E-state index in [1.807, 2.05) is 4.90 Å². The average molecular weight is 196 g/mol. The van der Waals surface area contributed by atoms with Crippen LogP contribution in [-0.2, 0) is 4.79 Å². The van der Waals surface area contributed by atoms with Gasteiger partial charge in [0.15, 0.2) is 0 Å². The summed E-state index contributed by atoms with van der Waals surface area (Å²) in [5.74, 6) is 1.51. The van der Waals surface area contributed by atoms with Gasteiger partial charge < -0.3 is 10.2 Å². The molecule has 0 bridgehead atoms. The normalized spacial score (nSPS) is 33.4. The van der Waals surface area contributed by atoms with E-state index in [9.17, 15) is 4.79 Å². The van der Waals surface area contributed by atoms with Gasteiger partial charge in [-0.05, 0) is 25.2 Å². The summed E-state index contributed by atoms with van der Waals surface area (Å²) < 4.78 is 0. The number of amides is 1. The Kier molecular flexibility index (Phi) is 3.06. The Labute approximate surface area is 85.8 Å². The molecular formula is C11H20N2O. The lowest BCUT2D eigenvalue weighted by molar-refractivity contribution is -0.136. The Morgan fingerprint density at radius 3 is 2.57 bits per heavy atom. The summed E-state index contributed by atoms with van der Waals surface area (Å²) in [6, 6.07) is 0. The van der Waals surface area contributed by atoms with Crippen LogP contribution in [0.4, 0.5) is 0 Å². The van der Waals surface area contributed by atoms with Crippen LogP contribution in [0, 0.1) is 11.8 Å². The lowest BCUT2D eigenvalue weighted by atomic mass is 10.0. The van der Waals surface area contributed by atoms with Crippen LogP contribution in [0.15, 0.2) is 0 Å². The smallest absolute Gasteiger partial charge is 0.225 e. The Balaban J connectivity index is 1.87. The molecule has 3 heteroatoms. The second-order valence-electron chi connectivity index (χ2n) is 4.69. The minimum absolute atomic E-state index is 0.336. The predicted octanol–water partition coefficient (Wildman–Crippen LogP) is 0.854. The Bertz CT molecular complexity index is 205. The van der Waals surface area contributed by atoms with Gasteiger partial charge in [-0.15, -0.1) is 0 Å². The number of hydrogen-bond acceptors (Lipinski definition) is 2. The number of nitrogens with one attached hydrogen (secondary N) is 1. The molecule has 1 saturated heterocycles. The molecule has 2 aliphatic rings. The summed E-state index contributed by atoms with van der Waals surface area (Å²) in [5.41, 5.74) is 0. The molecule has 1 aliphatic carbocycles. The van der Waals surface area contributed by atoms with Crippen molar-refractivity contribution in [2.75, 3.05) is 26.2 Å². The van der Waals surface area contributed by atoms with Crippen molar-refractivity contribution in [3.05, 3.63) is 0 Å². The largest absolute Gasteiger partial charge is 0.340 e. The second kappa shape index (κ2) is 4.30. The van der Waals surface area contributed by atoms with Crippen LogP contribution in [0.25, 0.3) is 0 Å². The van der Waals surface area contributed by atoms with Crippen LogP contribution in [0.2, 0.25) is 0 Å². The molecule has 0 aromatic carbocycles. The summed E-state index contributed by atoms with van der Waals surface area (Å²) in [4.78, 5) is 14.1. The fourth-order valence-corrected chi connectivity index (χ4v) is 2.57. The highest BCUT2D eigenvalue weighted by Crippen LogP contribution is 2.31. The fourth-order valence-electron chi connectivity index (χ4n) is 2.57. The third-order valence-corrected chi connectivity index (χ3v) is 3.47. The number of rotatable bonds is 1. The van der Waals surface area contributed by atoms with E-state index in [0.717, 1.165) is 44.9 Å². The third-order valence-electron chi connectivity index (χ3n) is 3.47. The first-order valence-electron chi connectivity index (χ1n) is 5.77. The number of hydrogen-bond donors (Lipinski definition) is 1. The van der Waals surface area contributed by atoms with Crippen molar-refractivity contribution < 1.29 is 4.79 Å². The lowest BCUT2D eigenvalue weighted by Crippen LogP contribution is -2.48. The molecular weight excluding hydrogens is 176 g/mol. The summed E-state index contributed by atoms with van der Waals surface area (Å²) >= 11 is 0. The molecule has 0 radical (unpaired) electrons. The first kappa shape index (κ1) is 9.97. The molecule has 2 atom stereocenters. The molecule has 0 spiro atoms. The zero-order valence-corrected chi connectivity index (χ0v) is 8.96. The maximum absolute atomic E-state index is 12.0. The van der Waals surface area contributed by atoms with Crippen molar-refractivity contribution in [1.29, 1.82) is 0 Å². The number of carbonyl (C=O) groups is 1. The van der Waals surface area contributed by atoms with Gasteiger partial charge >= 0.3 is 0 Å². The molecule has 1 N–H and O–H groups in total. The molecule has 2 fully saturated rings. The summed E-state index contributed by atoms with van der Waals surface area (Å²) in [6.45, 7) is 6.00. The quantitative estimate of drug-likeness (QED) is 0.674. The minimum atomic E-state index is 0.336. The zero-order valence-electron chi connectivity index (χ0n) is 8.96. The van der Waals surface area contributed by atoms with E-state index in [1.54, 1.807) is 0 Å². The van der Waals surface area contributed by atoms with Crippen molar-refractivity contribution in [3.63, 3.8) is 0 Å². The van der Waals surface area contributed by atoms with E-state index < -0.39 is 0 Å². The van der Waals surface area contributed by atoms with Crippen LogP contribution in [0.3, 0.4) is 0 Å². The second-order valence-corrected chi connectivity index (χ2v) is 4.69. The van der Waals surface area contributed by atoms with Gasteiger partial charge in [0.25, 0.3) is 0 Å². The molecule has 0 aromatic heterocycles. The van der Waals surface area contributed by atoms with Gasteiger partial charge in [0.1, 0.15) is 0 Å². The lowest BCUT2D eigenvalue weighted by Gasteiger charge is -2.29. The fraction of sp³-hybridized carbons (Fsp3) is 0.909. The molecule has 14 heavy (non-hydrogen) atoms. The Morgan fingerprint density at radius 1 is 1.29 bits per heavy atom. The van der Waals surface area contributed by atoms with Crippen molar-refractivity contribution in [1.82, 2.24) is 10.2 Å². The van der Waals surface area contributed by atoms with Gasteiger partial charge in [0.05, 0.1) is 0 Å². The van der Waals surface area contributed by atoms with E-state index in [2.05, 4.69) is 12.2 Å². The maximum atomic E-state index is 12.0. The van der Waals surface area contributed by atoms with Crippen LogP contribution >= 0.6 is 0 Å².